The van der Waals surface area contributed by atoms with Gasteiger partial charge in [-0.25, -0.2) is 4.39 Å². The van der Waals surface area contributed by atoms with Crippen LogP contribution in [0.5, 0.6) is 0 Å². The zero-order chi connectivity index (χ0) is 16.1. The van der Waals surface area contributed by atoms with Gasteiger partial charge in [-0.3, -0.25) is 4.79 Å². The average molecular weight is 379 g/mol. The van der Waals surface area contributed by atoms with E-state index in [4.69, 9.17) is 34.8 Å². The fourth-order valence-corrected chi connectivity index (χ4v) is 2.98. The Morgan fingerprint density at radius 3 is 2.50 bits per heavy atom. The van der Waals surface area contributed by atoms with Crippen LogP contribution in [-0.2, 0) is 10.5 Å². The maximum absolute atomic E-state index is 13.6. The van der Waals surface area contributed by atoms with Crippen molar-refractivity contribution in [2.24, 2.45) is 0 Å². The molecule has 0 radical (unpaired) electrons. The Morgan fingerprint density at radius 1 is 1.09 bits per heavy atom. The van der Waals surface area contributed by atoms with Crippen LogP contribution in [0.25, 0.3) is 0 Å². The molecule has 2 aromatic carbocycles. The highest BCUT2D eigenvalue weighted by Crippen LogP contribution is 2.26. The zero-order valence-electron chi connectivity index (χ0n) is 11.2. The van der Waals surface area contributed by atoms with Gasteiger partial charge in [0, 0.05) is 15.8 Å². The van der Waals surface area contributed by atoms with Crippen molar-refractivity contribution in [2.75, 3.05) is 11.1 Å². The summed E-state index contributed by atoms with van der Waals surface area (Å²) in [5, 5.41) is 3.91. The lowest BCUT2D eigenvalue weighted by Crippen LogP contribution is -2.14. The van der Waals surface area contributed by atoms with Crippen LogP contribution in [0.1, 0.15) is 5.56 Å². The summed E-state index contributed by atoms with van der Waals surface area (Å²) in [4.78, 5) is 11.9. The molecule has 0 fully saturated rings. The minimum atomic E-state index is -0.377. The Hall–Kier alpha value is -0.940. The Balaban J connectivity index is 1.86. The first kappa shape index (κ1) is 17.4. The van der Waals surface area contributed by atoms with Gasteiger partial charge in [-0.15, -0.1) is 11.8 Å². The van der Waals surface area contributed by atoms with Crippen LogP contribution in [0.3, 0.4) is 0 Å². The van der Waals surface area contributed by atoms with Crippen LogP contribution in [0, 0.1) is 5.82 Å². The first-order valence-corrected chi connectivity index (χ1v) is 8.51. The lowest BCUT2D eigenvalue weighted by atomic mass is 10.2. The molecule has 0 heterocycles. The van der Waals surface area contributed by atoms with Gasteiger partial charge in [0.1, 0.15) is 5.82 Å². The SMILES string of the molecule is O=C(CSCc1ccc(Cl)cc1F)Nc1cc(Cl)ccc1Cl. The summed E-state index contributed by atoms with van der Waals surface area (Å²) in [5.74, 6) is -0.0632. The van der Waals surface area contributed by atoms with Crippen molar-refractivity contribution in [3.8, 4) is 0 Å². The van der Waals surface area contributed by atoms with Crippen LogP contribution in [0.4, 0.5) is 10.1 Å². The highest BCUT2D eigenvalue weighted by Gasteiger charge is 2.08. The maximum atomic E-state index is 13.6. The van der Waals surface area contributed by atoms with E-state index >= 15 is 0 Å². The molecule has 0 atom stereocenters. The molecule has 1 amide bonds. The number of carbonyl (C=O) groups excluding carboxylic acids is 1. The highest BCUT2D eigenvalue weighted by atomic mass is 35.5. The summed E-state index contributed by atoms with van der Waals surface area (Å²) in [5.41, 5.74) is 0.959. The van der Waals surface area contributed by atoms with Crippen LogP contribution < -0.4 is 5.32 Å². The lowest BCUT2D eigenvalue weighted by molar-refractivity contribution is -0.113. The average Bonchev–Trinajstić information content (AvgIpc) is 2.45. The fourth-order valence-electron chi connectivity index (χ4n) is 1.67. The van der Waals surface area contributed by atoms with E-state index in [1.165, 1.54) is 17.8 Å². The summed E-state index contributed by atoms with van der Waals surface area (Å²) >= 11 is 18.8. The Morgan fingerprint density at radius 2 is 1.77 bits per heavy atom. The molecule has 2 rings (SSSR count). The molecule has 0 bridgehead atoms. The largest absolute Gasteiger partial charge is 0.324 e. The van der Waals surface area contributed by atoms with Crippen LogP contribution in [0.2, 0.25) is 15.1 Å². The van der Waals surface area contributed by atoms with Gasteiger partial charge >= 0.3 is 0 Å². The smallest absolute Gasteiger partial charge is 0.234 e. The van der Waals surface area contributed by atoms with E-state index in [1.54, 1.807) is 30.3 Å². The standard InChI is InChI=1S/C15H11Cl3FNOS/c16-10-2-1-9(13(19)5-10)7-22-8-15(21)20-14-6-11(17)3-4-12(14)18/h1-6H,7-8H2,(H,20,21). The molecule has 2 aromatic rings. The molecule has 0 spiro atoms. The molecule has 0 unspecified atom stereocenters. The number of rotatable bonds is 5. The number of benzene rings is 2. The van der Waals surface area contributed by atoms with E-state index in [9.17, 15) is 9.18 Å². The number of hydrogen-bond acceptors (Lipinski definition) is 2. The second kappa shape index (κ2) is 8.06. The van der Waals surface area contributed by atoms with Gasteiger partial charge in [-0.1, -0.05) is 40.9 Å². The molecule has 0 saturated heterocycles. The van der Waals surface area contributed by atoms with Gasteiger partial charge < -0.3 is 5.32 Å². The first-order valence-electron chi connectivity index (χ1n) is 6.22. The predicted octanol–water partition coefficient (Wildman–Crippen LogP) is 5.66. The summed E-state index contributed by atoms with van der Waals surface area (Å²) in [6.45, 7) is 0. The van der Waals surface area contributed by atoms with Gasteiger partial charge in [-0.2, -0.15) is 0 Å². The highest BCUT2D eigenvalue weighted by molar-refractivity contribution is 7.99. The molecule has 0 aliphatic carbocycles. The molecule has 1 N–H and O–H groups in total. The van der Waals surface area contributed by atoms with E-state index in [2.05, 4.69) is 5.32 Å². The second-order valence-electron chi connectivity index (χ2n) is 4.40. The van der Waals surface area contributed by atoms with Crippen molar-refractivity contribution in [2.45, 2.75) is 5.75 Å². The molecule has 0 aliphatic heterocycles. The predicted molar refractivity (Wildman–Crippen MR) is 92.7 cm³/mol. The van der Waals surface area contributed by atoms with Crippen LogP contribution in [0.15, 0.2) is 36.4 Å². The van der Waals surface area contributed by atoms with E-state index in [0.717, 1.165) is 0 Å². The topological polar surface area (TPSA) is 29.1 Å². The quantitative estimate of drug-likeness (QED) is 0.727. The van der Waals surface area contributed by atoms with Crippen molar-refractivity contribution >= 4 is 58.2 Å². The molecule has 0 aromatic heterocycles. The van der Waals surface area contributed by atoms with Gasteiger partial charge in [-0.05, 0) is 35.9 Å². The molecular formula is C15H11Cl3FNOS. The first-order chi connectivity index (χ1) is 10.5. The van der Waals surface area contributed by atoms with E-state index < -0.39 is 0 Å². The van der Waals surface area contributed by atoms with Crippen LogP contribution >= 0.6 is 46.6 Å². The molecule has 0 saturated carbocycles. The summed E-state index contributed by atoms with van der Waals surface area (Å²) < 4.78 is 13.6. The van der Waals surface area contributed by atoms with Crippen LogP contribution in [-0.4, -0.2) is 11.7 Å². The molecule has 2 nitrogen and oxygen atoms in total. The summed E-state index contributed by atoms with van der Waals surface area (Å²) in [7, 11) is 0. The van der Waals surface area contributed by atoms with Crippen molar-refractivity contribution in [3.05, 3.63) is 62.8 Å². The minimum absolute atomic E-state index is 0.172. The second-order valence-corrected chi connectivity index (χ2v) is 6.67. The fraction of sp³-hybridized carbons (Fsp3) is 0.133. The van der Waals surface area contributed by atoms with Crippen molar-refractivity contribution in [1.29, 1.82) is 0 Å². The van der Waals surface area contributed by atoms with Gasteiger partial charge in [0.25, 0.3) is 0 Å². The molecular weight excluding hydrogens is 368 g/mol. The molecule has 116 valence electrons. The monoisotopic (exact) mass is 377 g/mol. The van der Waals surface area contributed by atoms with Gasteiger partial charge in [0.05, 0.1) is 16.5 Å². The number of halogens is 4. The number of anilines is 1. The number of thioether (sulfide) groups is 1. The lowest BCUT2D eigenvalue weighted by Gasteiger charge is -2.08. The van der Waals surface area contributed by atoms with Gasteiger partial charge in [0.2, 0.25) is 5.91 Å². The molecule has 22 heavy (non-hydrogen) atoms. The normalized spacial score (nSPS) is 10.5. The Bertz CT molecular complexity index is 696. The number of hydrogen-bond donors (Lipinski definition) is 1. The maximum Gasteiger partial charge on any atom is 0.234 e. The number of nitrogens with one attached hydrogen (secondary N) is 1. The number of carbonyl (C=O) groups is 1. The third kappa shape index (κ3) is 5.06. The third-order valence-electron chi connectivity index (χ3n) is 2.71. The molecule has 0 aliphatic rings. The summed E-state index contributed by atoms with van der Waals surface area (Å²) in [6.07, 6.45) is 0. The summed E-state index contributed by atoms with van der Waals surface area (Å²) in [6, 6.07) is 9.30. The third-order valence-corrected chi connectivity index (χ3v) is 4.49. The van der Waals surface area contributed by atoms with E-state index in [0.29, 0.717) is 32.1 Å². The van der Waals surface area contributed by atoms with Crippen molar-refractivity contribution < 1.29 is 9.18 Å². The number of amides is 1. The Labute approximate surface area is 146 Å². The zero-order valence-corrected chi connectivity index (χ0v) is 14.3. The Kier molecular flexibility index (Phi) is 6.38. The van der Waals surface area contributed by atoms with E-state index in [1.807, 2.05) is 0 Å². The van der Waals surface area contributed by atoms with Crippen molar-refractivity contribution in [1.82, 2.24) is 0 Å². The van der Waals surface area contributed by atoms with E-state index in [-0.39, 0.29) is 17.5 Å². The van der Waals surface area contributed by atoms with Gasteiger partial charge in [0.15, 0.2) is 0 Å². The van der Waals surface area contributed by atoms with Crippen molar-refractivity contribution in [3.63, 3.8) is 0 Å². The molecule has 7 heteroatoms. The minimum Gasteiger partial charge on any atom is -0.324 e.